The highest BCUT2D eigenvalue weighted by molar-refractivity contribution is 7.79. The van der Waals surface area contributed by atoms with Crippen molar-refractivity contribution in [1.82, 2.24) is 0 Å². The SMILES string of the molecule is CC(=O)O.CC(=O)O.CC(=O)O.O=S(=O)(O)O. The lowest BCUT2D eigenvalue weighted by Gasteiger charge is -1.68. The van der Waals surface area contributed by atoms with Crippen molar-refractivity contribution < 1.29 is 47.2 Å². The Bertz CT molecular complexity index is 267. The van der Waals surface area contributed by atoms with Crippen LogP contribution < -0.4 is 0 Å². The third kappa shape index (κ3) is 728. The van der Waals surface area contributed by atoms with E-state index in [2.05, 4.69) is 0 Å². The predicted molar refractivity (Wildman–Crippen MR) is 54.1 cm³/mol. The van der Waals surface area contributed by atoms with Crippen LogP contribution in [0, 0.1) is 0 Å². The fourth-order valence-corrected chi connectivity index (χ4v) is 0. The fraction of sp³-hybridized carbons (Fsp3) is 0.500. The van der Waals surface area contributed by atoms with E-state index in [0.717, 1.165) is 20.8 Å². The molecule has 0 bridgehead atoms. The lowest BCUT2D eigenvalue weighted by molar-refractivity contribution is -0.135. The van der Waals surface area contributed by atoms with Gasteiger partial charge in [0.25, 0.3) is 17.9 Å². The number of carboxylic acid groups (broad SMARTS) is 3. The Hall–Kier alpha value is -1.72. The molecule has 0 saturated heterocycles. The summed E-state index contributed by atoms with van der Waals surface area (Å²) in [5.41, 5.74) is 0. The van der Waals surface area contributed by atoms with Crippen LogP contribution >= 0.6 is 0 Å². The van der Waals surface area contributed by atoms with Gasteiger partial charge in [-0.2, -0.15) is 8.42 Å². The van der Waals surface area contributed by atoms with E-state index >= 15 is 0 Å². The second-order valence-electron chi connectivity index (χ2n) is 2.00. The Labute approximate surface area is 97.1 Å². The molecule has 104 valence electrons. The first kappa shape index (κ1) is 24.5. The summed E-state index contributed by atoms with van der Waals surface area (Å²) in [6, 6.07) is 0. The number of hydrogen-bond acceptors (Lipinski definition) is 5. The van der Waals surface area contributed by atoms with Crippen LogP contribution in [0.1, 0.15) is 20.8 Å². The van der Waals surface area contributed by atoms with Crippen LogP contribution in [-0.2, 0) is 24.8 Å². The molecule has 5 N–H and O–H groups in total. The number of hydrogen-bond donors (Lipinski definition) is 5. The molecule has 0 amide bonds. The molecule has 0 fully saturated rings. The molecule has 17 heavy (non-hydrogen) atoms. The summed E-state index contributed by atoms with van der Waals surface area (Å²) >= 11 is 0. The standard InChI is InChI=1S/3C2H4O2.H2O4S/c3*1-2(3)4;1-5(2,3)4/h3*1H3,(H,3,4);(H2,1,2,3,4). The minimum absolute atomic E-state index is 0.833. The van der Waals surface area contributed by atoms with Gasteiger partial charge in [0.15, 0.2) is 0 Å². The van der Waals surface area contributed by atoms with Gasteiger partial charge in [-0.05, 0) is 0 Å². The molecule has 0 aliphatic carbocycles. The van der Waals surface area contributed by atoms with Gasteiger partial charge in [-0.15, -0.1) is 0 Å². The van der Waals surface area contributed by atoms with Gasteiger partial charge in [0.2, 0.25) is 0 Å². The molecule has 0 unspecified atom stereocenters. The van der Waals surface area contributed by atoms with Gasteiger partial charge in [-0.25, -0.2) is 0 Å². The zero-order valence-electron chi connectivity index (χ0n) is 9.19. The van der Waals surface area contributed by atoms with E-state index in [4.69, 9.17) is 47.2 Å². The zero-order valence-corrected chi connectivity index (χ0v) is 10.0. The molecule has 0 radical (unpaired) electrons. The summed E-state index contributed by atoms with van der Waals surface area (Å²) in [4.78, 5) is 27.0. The minimum atomic E-state index is -4.67. The summed E-state index contributed by atoms with van der Waals surface area (Å²) in [5.74, 6) is -2.50. The largest absolute Gasteiger partial charge is 0.481 e. The number of carboxylic acids is 3. The zero-order chi connectivity index (χ0) is 15.2. The first-order chi connectivity index (χ1) is 7.20. The molecule has 0 aromatic carbocycles. The van der Waals surface area contributed by atoms with Crippen LogP contribution in [0.25, 0.3) is 0 Å². The lowest BCUT2D eigenvalue weighted by Crippen LogP contribution is -1.89. The van der Waals surface area contributed by atoms with Crippen molar-refractivity contribution >= 4 is 28.3 Å². The predicted octanol–water partition coefficient (Wildman–Crippen LogP) is -0.380. The summed E-state index contributed by atoms with van der Waals surface area (Å²) in [6.45, 7) is 3.25. The van der Waals surface area contributed by atoms with E-state index < -0.39 is 28.3 Å². The average molecular weight is 278 g/mol. The van der Waals surface area contributed by atoms with Gasteiger partial charge >= 0.3 is 10.4 Å². The van der Waals surface area contributed by atoms with Crippen molar-refractivity contribution in [3.05, 3.63) is 0 Å². The van der Waals surface area contributed by atoms with Crippen molar-refractivity contribution in [2.24, 2.45) is 0 Å². The highest BCUT2D eigenvalue weighted by Gasteiger charge is 1.84. The van der Waals surface area contributed by atoms with Crippen molar-refractivity contribution in [2.45, 2.75) is 20.8 Å². The van der Waals surface area contributed by atoms with Gasteiger partial charge in [-0.3, -0.25) is 23.5 Å². The maximum atomic E-state index is 9.00. The number of aliphatic carboxylic acids is 3. The highest BCUT2D eigenvalue weighted by atomic mass is 32.3. The molecule has 10 nitrogen and oxygen atoms in total. The van der Waals surface area contributed by atoms with Crippen LogP contribution in [0.15, 0.2) is 0 Å². The van der Waals surface area contributed by atoms with Gasteiger partial charge in [-0.1, -0.05) is 0 Å². The normalized spacial score (nSPS) is 7.82. The van der Waals surface area contributed by atoms with Crippen LogP contribution in [-0.4, -0.2) is 50.8 Å². The minimum Gasteiger partial charge on any atom is -0.481 e. The van der Waals surface area contributed by atoms with Crippen molar-refractivity contribution in [1.29, 1.82) is 0 Å². The molecule has 0 aliphatic heterocycles. The first-order valence-electron chi connectivity index (χ1n) is 3.48. The molecule has 0 heterocycles. The number of rotatable bonds is 0. The second kappa shape index (κ2) is 14.3. The third-order valence-corrected chi connectivity index (χ3v) is 0. The van der Waals surface area contributed by atoms with E-state index in [1.807, 2.05) is 0 Å². The van der Waals surface area contributed by atoms with Crippen LogP contribution in [0.5, 0.6) is 0 Å². The molecule has 0 aromatic heterocycles. The summed E-state index contributed by atoms with van der Waals surface area (Å²) in [7, 11) is -4.67. The molecule has 0 atom stereocenters. The van der Waals surface area contributed by atoms with Gasteiger partial charge in [0.1, 0.15) is 0 Å². The van der Waals surface area contributed by atoms with E-state index in [9.17, 15) is 0 Å². The van der Waals surface area contributed by atoms with Crippen molar-refractivity contribution in [3.8, 4) is 0 Å². The summed E-state index contributed by atoms with van der Waals surface area (Å²) in [5, 5.41) is 22.2. The van der Waals surface area contributed by atoms with Crippen LogP contribution in [0.4, 0.5) is 0 Å². The number of carbonyl (C=O) groups is 3. The van der Waals surface area contributed by atoms with Gasteiger partial charge in [0.05, 0.1) is 0 Å². The first-order valence-corrected chi connectivity index (χ1v) is 4.88. The van der Waals surface area contributed by atoms with E-state index in [-0.39, 0.29) is 0 Å². The van der Waals surface area contributed by atoms with Gasteiger partial charge in [0, 0.05) is 20.8 Å². The topological polar surface area (TPSA) is 186 Å². The Kier molecular flexibility index (Phi) is 20.6. The fourth-order valence-electron chi connectivity index (χ4n) is 0. The molecule has 11 heteroatoms. The van der Waals surface area contributed by atoms with E-state index in [1.54, 1.807) is 0 Å². The molecule has 0 aromatic rings. The molecule has 0 spiro atoms. The molecule has 0 rings (SSSR count). The third-order valence-electron chi connectivity index (χ3n) is 0. The Morgan fingerprint density at radius 1 is 0.706 bits per heavy atom. The summed E-state index contributed by atoms with van der Waals surface area (Å²) in [6.07, 6.45) is 0. The lowest BCUT2D eigenvalue weighted by atomic mass is 10.9. The average Bonchev–Trinajstić information content (AvgIpc) is 1.73. The molecular weight excluding hydrogens is 264 g/mol. The quantitative estimate of drug-likeness (QED) is 0.365. The Balaban J connectivity index is -0.0000000667. The van der Waals surface area contributed by atoms with E-state index in [0.29, 0.717) is 0 Å². The second-order valence-corrected chi connectivity index (χ2v) is 2.90. The molecular formula is C6H14O10S. The van der Waals surface area contributed by atoms with Crippen molar-refractivity contribution in [3.63, 3.8) is 0 Å². The molecule has 0 aliphatic rings. The van der Waals surface area contributed by atoms with E-state index in [1.165, 1.54) is 0 Å². The maximum Gasteiger partial charge on any atom is 0.394 e. The van der Waals surface area contributed by atoms with Crippen molar-refractivity contribution in [2.75, 3.05) is 0 Å². The van der Waals surface area contributed by atoms with Gasteiger partial charge < -0.3 is 15.3 Å². The smallest absolute Gasteiger partial charge is 0.394 e. The molecule has 0 saturated carbocycles. The summed E-state index contributed by atoms with van der Waals surface area (Å²) < 4.78 is 31.6. The Morgan fingerprint density at radius 3 is 0.706 bits per heavy atom. The van der Waals surface area contributed by atoms with Crippen LogP contribution in [0.2, 0.25) is 0 Å². The Morgan fingerprint density at radius 2 is 0.706 bits per heavy atom. The monoisotopic (exact) mass is 278 g/mol. The van der Waals surface area contributed by atoms with Crippen LogP contribution in [0.3, 0.4) is 0 Å². The highest BCUT2D eigenvalue weighted by Crippen LogP contribution is 1.59. The maximum absolute atomic E-state index is 9.00.